The van der Waals surface area contributed by atoms with Crippen LogP contribution < -0.4 is 0 Å². The van der Waals surface area contributed by atoms with E-state index < -0.39 is 0 Å². The number of aryl methyl sites for hydroxylation is 1. The molecule has 1 aromatic carbocycles. The van der Waals surface area contributed by atoms with Gasteiger partial charge in [0.05, 0.1) is 6.61 Å². The number of likely N-dealkylation sites (tertiary alicyclic amines) is 1. The number of nitrogens with zero attached hydrogens (tertiary/aromatic N) is 1. The van der Waals surface area contributed by atoms with Crippen molar-refractivity contribution in [2.24, 2.45) is 5.92 Å². The highest BCUT2D eigenvalue weighted by molar-refractivity contribution is 5.96. The minimum atomic E-state index is 0.00857. The highest BCUT2D eigenvalue weighted by atomic mass is 16.3. The second kappa shape index (κ2) is 7.26. The van der Waals surface area contributed by atoms with Crippen molar-refractivity contribution in [1.82, 2.24) is 4.90 Å². The number of rotatable bonds is 3. The lowest BCUT2D eigenvalue weighted by atomic mass is 10.0. The molecule has 1 amide bonds. The van der Waals surface area contributed by atoms with Crippen molar-refractivity contribution >= 4 is 5.91 Å². The van der Waals surface area contributed by atoms with Crippen molar-refractivity contribution in [3.8, 4) is 11.8 Å². The number of amides is 1. The van der Waals surface area contributed by atoms with Gasteiger partial charge in [-0.25, -0.2) is 0 Å². The number of carbonyl (C=O) groups is 1. The van der Waals surface area contributed by atoms with Gasteiger partial charge in [-0.05, 0) is 31.0 Å². The van der Waals surface area contributed by atoms with E-state index in [1.54, 1.807) is 4.90 Å². The SMILES string of the molecule is Cc1ccc(C#CCCO)cc1C(=O)N1CCC(CO)C1. The second-order valence-electron chi connectivity index (χ2n) is 5.39. The smallest absolute Gasteiger partial charge is 0.254 e. The molecule has 0 radical (unpaired) electrons. The highest BCUT2D eigenvalue weighted by Crippen LogP contribution is 2.20. The first-order chi connectivity index (χ1) is 10.2. The zero-order valence-corrected chi connectivity index (χ0v) is 12.3. The van der Waals surface area contributed by atoms with Gasteiger partial charge in [-0.1, -0.05) is 17.9 Å². The first kappa shape index (κ1) is 15.6. The van der Waals surface area contributed by atoms with Gasteiger partial charge in [0.2, 0.25) is 0 Å². The fourth-order valence-corrected chi connectivity index (χ4v) is 2.49. The van der Waals surface area contributed by atoms with E-state index in [1.807, 2.05) is 25.1 Å². The maximum Gasteiger partial charge on any atom is 0.254 e. The maximum atomic E-state index is 12.6. The molecule has 2 N–H and O–H groups in total. The molecular formula is C17H21NO3. The number of hydrogen-bond acceptors (Lipinski definition) is 3. The predicted molar refractivity (Wildman–Crippen MR) is 80.9 cm³/mol. The fraction of sp³-hybridized carbons (Fsp3) is 0.471. The molecule has 4 heteroatoms. The van der Waals surface area contributed by atoms with E-state index in [0.717, 1.165) is 17.5 Å². The third kappa shape index (κ3) is 3.84. The Hall–Kier alpha value is -1.83. The molecule has 0 saturated carbocycles. The number of benzene rings is 1. The lowest BCUT2D eigenvalue weighted by Gasteiger charge is -2.17. The van der Waals surface area contributed by atoms with E-state index in [2.05, 4.69) is 11.8 Å². The number of hydrogen-bond donors (Lipinski definition) is 2. The van der Waals surface area contributed by atoms with Crippen LogP contribution in [0.3, 0.4) is 0 Å². The number of aliphatic hydroxyl groups excluding tert-OH is 2. The summed E-state index contributed by atoms with van der Waals surface area (Å²) in [5, 5.41) is 17.9. The normalized spacial score (nSPS) is 17.5. The monoisotopic (exact) mass is 287 g/mol. The van der Waals surface area contributed by atoms with Crippen molar-refractivity contribution in [2.45, 2.75) is 19.8 Å². The summed E-state index contributed by atoms with van der Waals surface area (Å²) in [5.74, 6) is 6.03. The van der Waals surface area contributed by atoms with Gasteiger partial charge in [0.15, 0.2) is 0 Å². The lowest BCUT2D eigenvalue weighted by molar-refractivity contribution is 0.0781. The average Bonchev–Trinajstić information content (AvgIpc) is 2.97. The highest BCUT2D eigenvalue weighted by Gasteiger charge is 2.27. The quantitative estimate of drug-likeness (QED) is 0.821. The standard InChI is InChI=1S/C17H21NO3/c1-13-5-6-14(4-2-3-9-19)10-16(13)17(21)18-8-7-15(11-18)12-20/h5-6,10,15,19-20H,3,7-9,11-12H2,1H3. The lowest BCUT2D eigenvalue weighted by Crippen LogP contribution is -2.29. The fourth-order valence-electron chi connectivity index (χ4n) is 2.49. The summed E-state index contributed by atoms with van der Waals surface area (Å²) in [4.78, 5) is 14.4. The molecule has 1 fully saturated rings. The molecule has 0 bridgehead atoms. The Morgan fingerprint density at radius 2 is 2.24 bits per heavy atom. The Bertz CT molecular complexity index is 571. The third-order valence-corrected chi connectivity index (χ3v) is 3.77. The predicted octanol–water partition coefficient (Wildman–Crippen LogP) is 1.18. The summed E-state index contributed by atoms with van der Waals surface area (Å²) in [6.07, 6.45) is 1.29. The molecule has 1 aliphatic heterocycles. The molecule has 0 aromatic heterocycles. The van der Waals surface area contributed by atoms with Gasteiger partial charge in [0, 0.05) is 43.2 Å². The average molecular weight is 287 g/mol. The van der Waals surface area contributed by atoms with Crippen LogP contribution in [0.2, 0.25) is 0 Å². The van der Waals surface area contributed by atoms with Crippen LogP contribution in [0.15, 0.2) is 18.2 Å². The van der Waals surface area contributed by atoms with Gasteiger partial charge < -0.3 is 15.1 Å². The largest absolute Gasteiger partial charge is 0.396 e. The summed E-state index contributed by atoms with van der Waals surface area (Å²) >= 11 is 0. The molecule has 2 rings (SSSR count). The Labute approximate surface area is 125 Å². The van der Waals surface area contributed by atoms with Gasteiger partial charge in [0.25, 0.3) is 5.91 Å². The summed E-state index contributed by atoms with van der Waals surface area (Å²) in [5.41, 5.74) is 2.39. The zero-order chi connectivity index (χ0) is 15.2. The van der Waals surface area contributed by atoms with Crippen molar-refractivity contribution in [2.75, 3.05) is 26.3 Å². The van der Waals surface area contributed by atoms with Crippen LogP contribution in [0.1, 0.15) is 34.3 Å². The molecule has 1 atom stereocenters. The molecular weight excluding hydrogens is 266 g/mol. The van der Waals surface area contributed by atoms with E-state index in [0.29, 0.717) is 25.1 Å². The number of carbonyl (C=O) groups excluding carboxylic acids is 1. The van der Waals surface area contributed by atoms with E-state index in [-0.39, 0.29) is 25.0 Å². The van der Waals surface area contributed by atoms with Crippen molar-refractivity contribution in [3.05, 3.63) is 34.9 Å². The van der Waals surface area contributed by atoms with Crippen molar-refractivity contribution < 1.29 is 15.0 Å². The van der Waals surface area contributed by atoms with Crippen LogP contribution in [-0.4, -0.2) is 47.3 Å². The van der Waals surface area contributed by atoms with Gasteiger partial charge in [-0.3, -0.25) is 4.79 Å². The minimum Gasteiger partial charge on any atom is -0.396 e. The Kier molecular flexibility index (Phi) is 5.38. The van der Waals surface area contributed by atoms with Gasteiger partial charge in [0.1, 0.15) is 0 Å². The number of aliphatic hydroxyl groups is 2. The third-order valence-electron chi connectivity index (χ3n) is 3.77. The zero-order valence-electron chi connectivity index (χ0n) is 12.3. The van der Waals surface area contributed by atoms with E-state index in [4.69, 9.17) is 5.11 Å². The van der Waals surface area contributed by atoms with Gasteiger partial charge in [-0.2, -0.15) is 0 Å². The topological polar surface area (TPSA) is 60.8 Å². The van der Waals surface area contributed by atoms with Crippen LogP contribution >= 0.6 is 0 Å². The van der Waals surface area contributed by atoms with E-state index >= 15 is 0 Å². The summed E-state index contributed by atoms with van der Waals surface area (Å²) < 4.78 is 0. The maximum absolute atomic E-state index is 12.6. The Balaban J connectivity index is 2.17. The molecule has 0 spiro atoms. The summed E-state index contributed by atoms with van der Waals surface area (Å²) in [7, 11) is 0. The van der Waals surface area contributed by atoms with Gasteiger partial charge >= 0.3 is 0 Å². The van der Waals surface area contributed by atoms with Crippen LogP contribution in [0.5, 0.6) is 0 Å². The first-order valence-electron chi connectivity index (χ1n) is 7.26. The van der Waals surface area contributed by atoms with Crippen molar-refractivity contribution in [1.29, 1.82) is 0 Å². The molecule has 1 heterocycles. The summed E-state index contributed by atoms with van der Waals surface area (Å²) in [6.45, 7) is 3.41. The molecule has 0 aliphatic carbocycles. The molecule has 1 saturated heterocycles. The molecule has 4 nitrogen and oxygen atoms in total. The first-order valence-corrected chi connectivity index (χ1v) is 7.26. The Morgan fingerprint density at radius 3 is 2.90 bits per heavy atom. The van der Waals surface area contributed by atoms with Crippen LogP contribution in [0.25, 0.3) is 0 Å². The van der Waals surface area contributed by atoms with Crippen LogP contribution in [0, 0.1) is 24.7 Å². The van der Waals surface area contributed by atoms with E-state index in [1.165, 1.54) is 0 Å². The van der Waals surface area contributed by atoms with Crippen LogP contribution in [0.4, 0.5) is 0 Å². The van der Waals surface area contributed by atoms with E-state index in [9.17, 15) is 9.90 Å². The van der Waals surface area contributed by atoms with Crippen LogP contribution in [-0.2, 0) is 0 Å². The molecule has 112 valence electrons. The summed E-state index contributed by atoms with van der Waals surface area (Å²) in [6, 6.07) is 5.60. The van der Waals surface area contributed by atoms with Gasteiger partial charge in [-0.15, -0.1) is 0 Å². The minimum absolute atomic E-state index is 0.00857. The molecule has 21 heavy (non-hydrogen) atoms. The molecule has 1 aliphatic rings. The Morgan fingerprint density at radius 1 is 1.43 bits per heavy atom. The second-order valence-corrected chi connectivity index (χ2v) is 5.39. The van der Waals surface area contributed by atoms with Crippen molar-refractivity contribution in [3.63, 3.8) is 0 Å². The molecule has 1 unspecified atom stereocenters. The molecule has 1 aromatic rings.